The smallest absolute Gasteiger partial charge is 0.302 e. The molecule has 0 aliphatic heterocycles. The molecule has 1 unspecified atom stereocenters. The van der Waals surface area contributed by atoms with Crippen LogP contribution in [0.25, 0.3) is 22.8 Å². The number of esters is 1. The molecule has 1 aliphatic carbocycles. The van der Waals surface area contributed by atoms with Gasteiger partial charge in [0.25, 0.3) is 5.89 Å². The quantitative estimate of drug-likeness (QED) is 0.348. The molecule has 0 bridgehead atoms. The lowest BCUT2D eigenvalue weighted by molar-refractivity contribution is -0.140. The highest BCUT2D eigenvalue weighted by molar-refractivity contribution is 5.67. The van der Waals surface area contributed by atoms with Gasteiger partial charge < -0.3 is 19.3 Å². The Balaban J connectivity index is 0.00000167. The summed E-state index contributed by atoms with van der Waals surface area (Å²) in [5.74, 6) is 1.12. The maximum Gasteiger partial charge on any atom is 0.302 e. The zero-order valence-electron chi connectivity index (χ0n) is 20.9. The fourth-order valence-electron chi connectivity index (χ4n) is 4.06. The highest BCUT2D eigenvalue weighted by Crippen LogP contribution is 2.37. The number of carbonyl (C=O) groups excluding carboxylic acids is 1. The molecule has 8 heteroatoms. The van der Waals surface area contributed by atoms with E-state index in [2.05, 4.69) is 27.6 Å². The lowest BCUT2D eigenvalue weighted by Crippen LogP contribution is -2.24. The number of ether oxygens (including phenoxy) is 2. The molecule has 2 aromatic carbocycles. The molecule has 3 aromatic rings. The largest absolute Gasteiger partial charge is 0.490 e. The molecule has 184 valence electrons. The minimum absolute atomic E-state index is 0.0295. The Kier molecular flexibility index (Phi) is 8.98. The summed E-state index contributed by atoms with van der Waals surface area (Å²) in [6.45, 7) is 10.2. The third kappa shape index (κ3) is 6.25. The summed E-state index contributed by atoms with van der Waals surface area (Å²) >= 11 is 0. The summed E-state index contributed by atoms with van der Waals surface area (Å²) in [4.78, 5) is 15.6. The molecule has 1 atom stereocenters. The van der Waals surface area contributed by atoms with Crippen molar-refractivity contribution < 1.29 is 18.8 Å². The van der Waals surface area contributed by atoms with E-state index in [1.807, 2.05) is 45.9 Å². The van der Waals surface area contributed by atoms with Gasteiger partial charge in [0.05, 0.1) is 11.7 Å². The van der Waals surface area contributed by atoms with Crippen LogP contribution in [0.4, 0.5) is 0 Å². The Morgan fingerprint density at radius 3 is 2.80 bits per heavy atom. The predicted molar refractivity (Wildman–Crippen MR) is 133 cm³/mol. The molecule has 0 fully saturated rings. The van der Waals surface area contributed by atoms with Gasteiger partial charge in [0, 0.05) is 30.6 Å². The second-order valence-corrected chi connectivity index (χ2v) is 8.17. The van der Waals surface area contributed by atoms with Crippen molar-refractivity contribution in [3.05, 3.63) is 53.1 Å². The Labute approximate surface area is 206 Å². The molecule has 1 aromatic heterocycles. The highest BCUT2D eigenvalue weighted by Gasteiger charge is 2.26. The molecular weight excluding hydrogens is 444 g/mol. The number of nitriles is 1. The van der Waals surface area contributed by atoms with Crippen molar-refractivity contribution in [2.24, 2.45) is 0 Å². The van der Waals surface area contributed by atoms with Crippen LogP contribution in [-0.2, 0) is 16.0 Å². The van der Waals surface area contributed by atoms with Gasteiger partial charge in [0.15, 0.2) is 0 Å². The maximum atomic E-state index is 10.9. The van der Waals surface area contributed by atoms with E-state index in [-0.39, 0.29) is 18.1 Å². The Bertz CT molecular complexity index is 1200. The first-order valence-corrected chi connectivity index (χ1v) is 12.0. The number of aromatic nitrogens is 2. The monoisotopic (exact) mass is 476 g/mol. The molecule has 0 saturated carbocycles. The summed E-state index contributed by atoms with van der Waals surface area (Å²) in [7, 11) is 0. The lowest BCUT2D eigenvalue weighted by atomic mass is 10.0. The first-order valence-electron chi connectivity index (χ1n) is 12.0. The van der Waals surface area contributed by atoms with E-state index in [1.54, 1.807) is 12.1 Å². The van der Waals surface area contributed by atoms with E-state index in [4.69, 9.17) is 14.0 Å². The molecule has 35 heavy (non-hydrogen) atoms. The second-order valence-electron chi connectivity index (χ2n) is 8.17. The van der Waals surface area contributed by atoms with Crippen molar-refractivity contribution in [1.82, 2.24) is 15.5 Å². The Morgan fingerprint density at radius 2 is 2.09 bits per heavy atom. The summed E-state index contributed by atoms with van der Waals surface area (Å²) in [6.07, 6.45) is 1.80. The van der Waals surface area contributed by atoms with Crippen molar-refractivity contribution >= 4 is 5.97 Å². The van der Waals surface area contributed by atoms with Gasteiger partial charge in [-0.15, -0.1) is 0 Å². The summed E-state index contributed by atoms with van der Waals surface area (Å²) in [5, 5.41) is 17.2. The topological polar surface area (TPSA) is 110 Å². The standard InChI is InChI=1S/C25H26N4O4.C2H6/c1-15(2)32-23-10-7-17(13-18(23)14-26)25-28-24(29-33-25)21-6-4-5-20-19(21)8-9-22(20)27-11-12-31-16(3)30;1-2/h4-7,10,13,15,22,27H,8-9,11-12H2,1-3H3;1-2H3. The first kappa shape index (κ1) is 25.9. The molecular formula is C27H32N4O4. The van der Waals surface area contributed by atoms with Crippen LogP contribution in [0.5, 0.6) is 5.75 Å². The van der Waals surface area contributed by atoms with Crippen molar-refractivity contribution in [1.29, 1.82) is 5.26 Å². The minimum atomic E-state index is -0.275. The molecule has 1 N–H and O–H groups in total. The Hall–Kier alpha value is -3.70. The second kappa shape index (κ2) is 12.1. The van der Waals surface area contributed by atoms with Crippen LogP contribution >= 0.6 is 0 Å². The van der Waals surface area contributed by atoms with Crippen LogP contribution in [-0.4, -0.2) is 35.4 Å². The van der Waals surface area contributed by atoms with Crippen molar-refractivity contribution in [3.8, 4) is 34.7 Å². The number of hydrogen-bond acceptors (Lipinski definition) is 8. The van der Waals surface area contributed by atoms with E-state index in [0.717, 1.165) is 18.4 Å². The van der Waals surface area contributed by atoms with Crippen LogP contribution < -0.4 is 10.1 Å². The predicted octanol–water partition coefficient (Wildman–Crippen LogP) is 5.23. The molecule has 4 rings (SSSR count). The minimum Gasteiger partial charge on any atom is -0.490 e. The normalized spacial score (nSPS) is 14.0. The van der Waals surface area contributed by atoms with Crippen LogP contribution in [0.15, 0.2) is 40.9 Å². The fourth-order valence-corrected chi connectivity index (χ4v) is 4.06. The van der Waals surface area contributed by atoms with E-state index in [0.29, 0.717) is 41.7 Å². The SMILES string of the molecule is CC.CC(=O)OCCNC1CCc2c(-c3noc(-c4ccc(OC(C)C)c(C#N)c4)n3)cccc21. The molecule has 0 radical (unpaired) electrons. The number of nitrogens with zero attached hydrogens (tertiary/aromatic N) is 3. The van der Waals surface area contributed by atoms with Crippen LogP contribution in [0.3, 0.4) is 0 Å². The third-order valence-corrected chi connectivity index (χ3v) is 5.45. The van der Waals surface area contributed by atoms with Crippen LogP contribution in [0.1, 0.15) is 63.8 Å². The van der Waals surface area contributed by atoms with E-state index in [9.17, 15) is 10.1 Å². The van der Waals surface area contributed by atoms with Gasteiger partial charge in [-0.1, -0.05) is 37.2 Å². The number of benzene rings is 2. The first-order chi connectivity index (χ1) is 17.0. The van der Waals surface area contributed by atoms with E-state index < -0.39 is 0 Å². The van der Waals surface area contributed by atoms with E-state index in [1.165, 1.54) is 18.1 Å². The number of hydrogen-bond donors (Lipinski definition) is 1. The van der Waals surface area contributed by atoms with Gasteiger partial charge in [0.1, 0.15) is 18.4 Å². The van der Waals surface area contributed by atoms with Gasteiger partial charge >= 0.3 is 5.97 Å². The summed E-state index contributed by atoms with van der Waals surface area (Å²) in [6, 6.07) is 13.7. The highest BCUT2D eigenvalue weighted by atomic mass is 16.5. The lowest BCUT2D eigenvalue weighted by Gasteiger charge is -2.14. The van der Waals surface area contributed by atoms with Gasteiger partial charge in [0.2, 0.25) is 5.82 Å². The van der Waals surface area contributed by atoms with Crippen molar-refractivity contribution in [3.63, 3.8) is 0 Å². The summed E-state index contributed by atoms with van der Waals surface area (Å²) < 4.78 is 16.2. The molecule has 8 nitrogen and oxygen atoms in total. The van der Waals surface area contributed by atoms with Gasteiger partial charge in [-0.25, -0.2) is 0 Å². The third-order valence-electron chi connectivity index (χ3n) is 5.45. The average Bonchev–Trinajstić information content (AvgIpc) is 3.50. The van der Waals surface area contributed by atoms with Crippen LogP contribution in [0.2, 0.25) is 0 Å². The summed E-state index contributed by atoms with van der Waals surface area (Å²) in [5.41, 5.74) is 4.41. The average molecular weight is 477 g/mol. The molecule has 0 saturated heterocycles. The molecule has 1 aliphatic rings. The van der Waals surface area contributed by atoms with Crippen LogP contribution in [0, 0.1) is 11.3 Å². The number of fused-ring (bicyclic) bond motifs is 1. The maximum absolute atomic E-state index is 10.9. The zero-order chi connectivity index (χ0) is 25.4. The van der Waals surface area contributed by atoms with E-state index >= 15 is 0 Å². The molecule has 0 amide bonds. The number of rotatable bonds is 8. The van der Waals surface area contributed by atoms with Gasteiger partial charge in [-0.3, -0.25) is 4.79 Å². The fraction of sp³-hybridized carbons (Fsp3) is 0.407. The number of carbonyl (C=O) groups is 1. The van der Waals surface area contributed by atoms with Crippen molar-refractivity contribution in [2.75, 3.05) is 13.2 Å². The molecule has 1 heterocycles. The zero-order valence-corrected chi connectivity index (χ0v) is 20.9. The number of nitrogens with one attached hydrogen (secondary N) is 1. The van der Waals surface area contributed by atoms with Gasteiger partial charge in [-0.05, 0) is 56.0 Å². The van der Waals surface area contributed by atoms with Crippen molar-refractivity contribution in [2.45, 2.75) is 59.6 Å². The molecule has 0 spiro atoms. The van der Waals surface area contributed by atoms with Gasteiger partial charge in [-0.2, -0.15) is 10.2 Å². The Morgan fingerprint density at radius 1 is 1.29 bits per heavy atom.